The Morgan fingerprint density at radius 3 is 1.93 bits per heavy atom. The largest absolute Gasteiger partial charge is 0.338 e. The third kappa shape index (κ3) is 3.71. The van der Waals surface area contributed by atoms with Gasteiger partial charge in [-0.2, -0.15) is 4.31 Å². The first-order valence-corrected chi connectivity index (χ1v) is 11.3. The zero-order valence-electron chi connectivity index (χ0n) is 18.1. The molecule has 0 saturated carbocycles. The summed E-state index contributed by atoms with van der Waals surface area (Å²) in [5, 5.41) is 0. The van der Waals surface area contributed by atoms with E-state index < -0.39 is 10.0 Å². The number of imidazole rings is 1. The minimum absolute atomic E-state index is 0.0190. The Kier molecular flexibility index (Phi) is 5.87. The van der Waals surface area contributed by atoms with Crippen molar-refractivity contribution in [2.45, 2.75) is 52.5 Å². The van der Waals surface area contributed by atoms with Crippen molar-refractivity contribution in [1.82, 2.24) is 18.8 Å². The van der Waals surface area contributed by atoms with E-state index >= 15 is 0 Å². The molecule has 1 aliphatic heterocycles. The topological polar surface area (TPSA) is 75.5 Å². The average molecular weight is 419 g/mol. The van der Waals surface area contributed by atoms with Crippen LogP contribution in [0.1, 0.15) is 40.8 Å². The van der Waals surface area contributed by atoms with Crippen molar-refractivity contribution in [2.24, 2.45) is 0 Å². The number of nitrogens with zero attached hydrogens (tertiary/aromatic N) is 4. The summed E-state index contributed by atoms with van der Waals surface area (Å²) < 4.78 is 30.2. The van der Waals surface area contributed by atoms with Crippen molar-refractivity contribution in [3.8, 4) is 0 Å². The molecule has 0 spiro atoms. The summed E-state index contributed by atoms with van der Waals surface area (Å²) >= 11 is 0. The number of carbonyl (C=O) groups excluding carboxylic acids is 1. The maximum Gasteiger partial charge on any atom is 0.245 e. The van der Waals surface area contributed by atoms with E-state index in [4.69, 9.17) is 0 Å². The van der Waals surface area contributed by atoms with Crippen molar-refractivity contribution < 1.29 is 13.2 Å². The van der Waals surface area contributed by atoms with Gasteiger partial charge in [-0.25, -0.2) is 13.4 Å². The van der Waals surface area contributed by atoms with Gasteiger partial charge in [0.1, 0.15) is 6.04 Å². The van der Waals surface area contributed by atoms with Gasteiger partial charge in [-0.1, -0.05) is 0 Å². The molecule has 1 aromatic carbocycles. The predicted molar refractivity (Wildman–Crippen MR) is 112 cm³/mol. The number of carbonyl (C=O) groups is 1. The molecule has 8 heteroatoms. The first-order chi connectivity index (χ1) is 13.6. The quantitative estimate of drug-likeness (QED) is 0.765. The number of amides is 1. The van der Waals surface area contributed by atoms with Crippen LogP contribution in [0.3, 0.4) is 0 Å². The second-order valence-electron chi connectivity index (χ2n) is 7.87. The number of benzene rings is 1. The Hall–Kier alpha value is -2.19. The number of aromatic nitrogens is 2. The molecule has 1 aliphatic rings. The first-order valence-electron chi connectivity index (χ1n) is 9.90. The molecule has 1 amide bonds. The first kappa shape index (κ1) is 21.5. The molecule has 1 unspecified atom stereocenters. The predicted octanol–water partition coefficient (Wildman–Crippen LogP) is 2.52. The fourth-order valence-electron chi connectivity index (χ4n) is 4.02. The smallest absolute Gasteiger partial charge is 0.245 e. The molecule has 1 saturated heterocycles. The summed E-state index contributed by atoms with van der Waals surface area (Å²) in [6, 6.07) is -0.354. The van der Waals surface area contributed by atoms with Crippen LogP contribution in [-0.2, 0) is 14.8 Å². The summed E-state index contributed by atoms with van der Waals surface area (Å²) in [7, 11) is -3.62. The van der Waals surface area contributed by atoms with Crippen molar-refractivity contribution >= 4 is 15.9 Å². The highest BCUT2D eigenvalue weighted by atomic mass is 32.2. The number of hydrogen-bond donors (Lipinski definition) is 0. The average Bonchev–Trinajstić information content (AvgIpc) is 3.24. The molecular weight excluding hydrogens is 388 g/mol. The lowest BCUT2D eigenvalue weighted by Gasteiger charge is -2.36. The number of piperazine rings is 1. The highest BCUT2D eigenvalue weighted by Crippen LogP contribution is 2.32. The van der Waals surface area contributed by atoms with Gasteiger partial charge in [-0.05, 0) is 69.4 Å². The van der Waals surface area contributed by atoms with Crippen molar-refractivity contribution in [1.29, 1.82) is 0 Å². The molecule has 1 atom stereocenters. The second kappa shape index (κ2) is 7.91. The van der Waals surface area contributed by atoms with Crippen molar-refractivity contribution in [3.05, 3.63) is 46.5 Å². The van der Waals surface area contributed by atoms with Gasteiger partial charge in [0.05, 0.1) is 11.2 Å². The van der Waals surface area contributed by atoms with E-state index in [-0.39, 0.29) is 11.9 Å². The molecule has 0 bridgehead atoms. The minimum Gasteiger partial charge on any atom is -0.338 e. The standard InChI is InChI=1S/C21H30N4O3S/c1-14-15(2)17(4)20(18(5)16(14)3)29(27,28)25-11-9-23(10-12-25)21(26)19(6)24-8-7-22-13-24/h7-8,13,19H,9-12H2,1-6H3. The van der Waals surface area contributed by atoms with Gasteiger partial charge in [0, 0.05) is 38.6 Å². The molecular formula is C21H30N4O3S. The second-order valence-corrected chi connectivity index (χ2v) is 9.74. The van der Waals surface area contributed by atoms with Crippen LogP contribution in [-0.4, -0.2) is 59.3 Å². The van der Waals surface area contributed by atoms with Crippen molar-refractivity contribution in [3.63, 3.8) is 0 Å². The molecule has 2 aromatic rings. The van der Waals surface area contributed by atoms with Gasteiger partial charge in [0.2, 0.25) is 15.9 Å². The van der Waals surface area contributed by atoms with E-state index in [0.717, 1.165) is 27.8 Å². The van der Waals surface area contributed by atoms with Crippen LogP contribution in [0.15, 0.2) is 23.6 Å². The minimum atomic E-state index is -3.62. The molecule has 1 fully saturated rings. The maximum absolute atomic E-state index is 13.5. The number of hydrogen-bond acceptors (Lipinski definition) is 4. The van der Waals surface area contributed by atoms with Gasteiger partial charge in [0.15, 0.2) is 0 Å². The molecule has 1 aromatic heterocycles. The van der Waals surface area contributed by atoms with E-state index in [2.05, 4.69) is 4.98 Å². The molecule has 29 heavy (non-hydrogen) atoms. The van der Waals surface area contributed by atoms with Gasteiger partial charge in [-0.15, -0.1) is 0 Å². The SMILES string of the molecule is Cc1c(C)c(C)c(S(=O)(=O)N2CCN(C(=O)C(C)n3ccnc3)CC2)c(C)c1C. The Morgan fingerprint density at radius 1 is 0.931 bits per heavy atom. The third-order valence-electron chi connectivity index (χ3n) is 6.41. The Labute approximate surface area is 173 Å². The summed E-state index contributed by atoms with van der Waals surface area (Å²) in [4.78, 5) is 18.9. The number of rotatable bonds is 4. The van der Waals surface area contributed by atoms with Crippen LogP contribution in [0.2, 0.25) is 0 Å². The van der Waals surface area contributed by atoms with Gasteiger partial charge in [-0.3, -0.25) is 4.79 Å². The van der Waals surface area contributed by atoms with Gasteiger partial charge < -0.3 is 9.47 Å². The highest BCUT2D eigenvalue weighted by Gasteiger charge is 2.34. The zero-order valence-corrected chi connectivity index (χ0v) is 18.9. The third-order valence-corrected chi connectivity index (χ3v) is 8.58. The van der Waals surface area contributed by atoms with Crippen LogP contribution < -0.4 is 0 Å². The van der Waals surface area contributed by atoms with Crippen LogP contribution >= 0.6 is 0 Å². The fraction of sp³-hybridized carbons (Fsp3) is 0.524. The summed E-state index contributed by atoms with van der Waals surface area (Å²) in [6.45, 7) is 13.0. The van der Waals surface area contributed by atoms with E-state index in [0.29, 0.717) is 31.1 Å². The van der Waals surface area contributed by atoms with E-state index in [1.807, 2.05) is 41.5 Å². The van der Waals surface area contributed by atoms with Crippen LogP contribution in [0.5, 0.6) is 0 Å². The zero-order chi connectivity index (χ0) is 21.5. The van der Waals surface area contributed by atoms with E-state index in [9.17, 15) is 13.2 Å². The van der Waals surface area contributed by atoms with Crippen LogP contribution in [0.4, 0.5) is 0 Å². The Bertz CT molecular complexity index is 992. The molecule has 3 rings (SSSR count). The highest BCUT2D eigenvalue weighted by molar-refractivity contribution is 7.89. The van der Waals surface area contributed by atoms with E-state index in [1.54, 1.807) is 28.2 Å². The van der Waals surface area contributed by atoms with Crippen LogP contribution in [0.25, 0.3) is 0 Å². The monoisotopic (exact) mass is 418 g/mol. The lowest BCUT2D eigenvalue weighted by Crippen LogP contribution is -2.52. The summed E-state index contributed by atoms with van der Waals surface area (Å²) in [5.74, 6) is -0.0190. The normalized spacial score (nSPS) is 16.8. The Balaban J connectivity index is 1.80. The van der Waals surface area contributed by atoms with Crippen molar-refractivity contribution in [2.75, 3.05) is 26.2 Å². The molecule has 0 radical (unpaired) electrons. The molecule has 2 heterocycles. The number of sulfonamides is 1. The van der Waals surface area contributed by atoms with Gasteiger partial charge >= 0.3 is 0 Å². The summed E-state index contributed by atoms with van der Waals surface area (Å²) in [5.41, 5.74) is 4.82. The van der Waals surface area contributed by atoms with E-state index in [1.165, 1.54) is 4.31 Å². The maximum atomic E-state index is 13.5. The summed E-state index contributed by atoms with van der Waals surface area (Å²) in [6.07, 6.45) is 5.03. The Morgan fingerprint density at radius 2 is 1.45 bits per heavy atom. The molecule has 7 nitrogen and oxygen atoms in total. The molecule has 0 aliphatic carbocycles. The van der Waals surface area contributed by atoms with Crippen LogP contribution in [0, 0.1) is 34.6 Å². The van der Waals surface area contributed by atoms with Gasteiger partial charge in [0.25, 0.3) is 0 Å². The fourth-order valence-corrected chi connectivity index (χ4v) is 6.00. The lowest BCUT2D eigenvalue weighted by molar-refractivity contribution is -0.135. The molecule has 0 N–H and O–H groups in total. The molecule has 158 valence electrons. The lowest BCUT2D eigenvalue weighted by atomic mass is 9.95.